The van der Waals surface area contributed by atoms with E-state index >= 15 is 0 Å². The summed E-state index contributed by atoms with van der Waals surface area (Å²) in [5.41, 5.74) is 2.85. The zero-order valence-corrected chi connectivity index (χ0v) is 23.5. The number of ether oxygens (including phenoxy) is 1. The maximum Gasteiger partial charge on any atom is 0.362 e. The third kappa shape index (κ3) is 4.71. The molecule has 210 valence electrons. The lowest BCUT2D eigenvalue weighted by atomic mass is 10.1. The fourth-order valence-corrected chi connectivity index (χ4v) is 6.34. The summed E-state index contributed by atoms with van der Waals surface area (Å²) in [5, 5.41) is 0.860. The van der Waals surface area contributed by atoms with E-state index in [0.29, 0.717) is 47.2 Å². The summed E-state index contributed by atoms with van der Waals surface area (Å²) in [4.78, 5) is 43.7. The Morgan fingerprint density at radius 3 is 2.65 bits per heavy atom. The van der Waals surface area contributed by atoms with Gasteiger partial charge in [0.1, 0.15) is 11.6 Å². The molecule has 0 fully saturated rings. The summed E-state index contributed by atoms with van der Waals surface area (Å²) in [6.07, 6.45) is 4.07. The summed E-state index contributed by atoms with van der Waals surface area (Å²) in [6.45, 7) is 2.82. The van der Waals surface area contributed by atoms with Gasteiger partial charge in [0.15, 0.2) is 5.82 Å². The Morgan fingerprint density at radius 1 is 1.12 bits per heavy atom. The molecule has 0 spiro atoms. The second-order valence-electron chi connectivity index (χ2n) is 9.31. The fraction of sp³-hybridized carbons (Fsp3) is 0.333. The normalized spacial score (nSPS) is 15.6. The number of nitrogens with zero attached hydrogens (tertiary/aromatic N) is 6. The molecule has 5 rings (SSSR count). The highest BCUT2D eigenvalue weighted by molar-refractivity contribution is 7.93. The third-order valence-corrected chi connectivity index (χ3v) is 8.62. The third-order valence-electron chi connectivity index (χ3n) is 6.99. The van der Waals surface area contributed by atoms with Crippen LogP contribution in [0.1, 0.15) is 28.4 Å². The number of aromatic nitrogens is 2. The highest BCUT2D eigenvalue weighted by Gasteiger charge is 2.38. The number of rotatable bonds is 6. The molecule has 4 heterocycles. The van der Waals surface area contributed by atoms with Crippen molar-refractivity contribution in [1.82, 2.24) is 15.0 Å². The molecule has 0 aliphatic carbocycles. The minimum Gasteiger partial charge on any atom is -0.493 e. The van der Waals surface area contributed by atoms with Gasteiger partial charge in [-0.25, -0.2) is 28.2 Å². The molecule has 0 N–H and O–H groups in total. The van der Waals surface area contributed by atoms with E-state index in [0.717, 1.165) is 14.9 Å². The number of hydroxylamine groups is 2. The molecule has 3 amide bonds. The molecule has 40 heavy (non-hydrogen) atoms. The van der Waals surface area contributed by atoms with Crippen molar-refractivity contribution >= 4 is 45.0 Å². The highest BCUT2D eigenvalue weighted by Crippen LogP contribution is 2.38. The Hall–Kier alpha value is -4.23. The molecule has 0 saturated carbocycles. The van der Waals surface area contributed by atoms with Crippen LogP contribution in [0.15, 0.2) is 48.8 Å². The van der Waals surface area contributed by atoms with Gasteiger partial charge in [-0.1, -0.05) is 6.07 Å². The van der Waals surface area contributed by atoms with Crippen LogP contribution in [0.5, 0.6) is 5.75 Å². The molecule has 2 aromatic heterocycles. The van der Waals surface area contributed by atoms with Crippen LogP contribution in [0.2, 0.25) is 0 Å². The Balaban J connectivity index is 1.38. The molecule has 13 heteroatoms. The fourth-order valence-electron chi connectivity index (χ4n) is 4.87. The molecule has 1 aromatic carbocycles. The monoisotopic (exact) mass is 566 g/mol. The van der Waals surface area contributed by atoms with E-state index < -0.39 is 16.1 Å². The quantitative estimate of drug-likeness (QED) is 0.414. The minimum absolute atomic E-state index is 0.181. The first-order valence-corrected chi connectivity index (χ1v) is 14.4. The predicted molar refractivity (Wildman–Crippen MR) is 150 cm³/mol. The molecule has 0 radical (unpaired) electrons. The number of hydrogen-bond donors (Lipinski definition) is 0. The summed E-state index contributed by atoms with van der Waals surface area (Å²) in [7, 11) is 0.486. The molecule has 0 bridgehead atoms. The molecule has 0 unspecified atom stereocenters. The average molecular weight is 567 g/mol. The number of benzene rings is 1. The average Bonchev–Trinajstić information content (AvgIpc) is 3.04. The SMILES string of the molecule is CCN1c2ncc(CCOc3cccc4c3CCS(=O)(=O)N4C(=O)N(C)OC)cc2C(=O)N(C)c2cccnc21. The first kappa shape index (κ1) is 27.3. The number of amides is 3. The van der Waals surface area contributed by atoms with Crippen LogP contribution in [0, 0.1) is 0 Å². The van der Waals surface area contributed by atoms with Gasteiger partial charge in [-0.05, 0) is 49.2 Å². The molecule has 0 atom stereocenters. The molecule has 0 saturated heterocycles. The van der Waals surface area contributed by atoms with Crippen molar-refractivity contribution in [1.29, 1.82) is 0 Å². The molecular weight excluding hydrogens is 536 g/mol. The number of pyridine rings is 2. The Bertz CT molecular complexity index is 1580. The maximum absolute atomic E-state index is 13.4. The number of anilines is 4. The molecule has 12 nitrogen and oxygen atoms in total. The lowest BCUT2D eigenvalue weighted by Crippen LogP contribution is -2.48. The topological polar surface area (TPSA) is 125 Å². The number of sulfonamides is 1. The Morgan fingerprint density at radius 2 is 1.90 bits per heavy atom. The van der Waals surface area contributed by atoms with E-state index in [1.54, 1.807) is 48.6 Å². The maximum atomic E-state index is 13.4. The van der Waals surface area contributed by atoms with Crippen LogP contribution in [0.4, 0.5) is 27.8 Å². The zero-order chi connectivity index (χ0) is 28.6. The van der Waals surface area contributed by atoms with E-state index in [2.05, 4.69) is 9.97 Å². The van der Waals surface area contributed by atoms with Gasteiger partial charge in [-0.15, -0.1) is 0 Å². The van der Waals surface area contributed by atoms with E-state index in [1.165, 1.54) is 14.2 Å². The van der Waals surface area contributed by atoms with Crippen LogP contribution < -0.4 is 18.8 Å². The van der Waals surface area contributed by atoms with Crippen LogP contribution >= 0.6 is 0 Å². The van der Waals surface area contributed by atoms with E-state index in [4.69, 9.17) is 9.57 Å². The Labute approximate surface area is 232 Å². The van der Waals surface area contributed by atoms with Crippen LogP contribution in [-0.2, 0) is 27.7 Å². The van der Waals surface area contributed by atoms with Gasteiger partial charge < -0.3 is 14.5 Å². The van der Waals surface area contributed by atoms with Gasteiger partial charge in [-0.2, -0.15) is 4.31 Å². The lowest BCUT2D eigenvalue weighted by molar-refractivity contribution is -0.0610. The molecule has 2 aliphatic rings. The van der Waals surface area contributed by atoms with Gasteiger partial charge in [0, 0.05) is 45.0 Å². The van der Waals surface area contributed by atoms with Crippen molar-refractivity contribution in [2.45, 2.75) is 19.8 Å². The number of carbonyl (C=O) groups is 2. The van der Waals surface area contributed by atoms with Crippen molar-refractivity contribution in [3.63, 3.8) is 0 Å². The van der Waals surface area contributed by atoms with E-state index in [1.807, 2.05) is 24.0 Å². The number of hydrogen-bond acceptors (Lipinski definition) is 9. The summed E-state index contributed by atoms with van der Waals surface area (Å²) < 4.78 is 32.4. The second-order valence-corrected chi connectivity index (χ2v) is 11.3. The molecule has 3 aromatic rings. The number of carbonyl (C=O) groups excluding carboxylic acids is 2. The second kappa shape index (κ2) is 10.7. The molecule has 2 aliphatic heterocycles. The number of fused-ring (bicyclic) bond motifs is 3. The van der Waals surface area contributed by atoms with Crippen molar-refractivity contribution in [3.05, 3.63) is 65.5 Å². The van der Waals surface area contributed by atoms with E-state index in [9.17, 15) is 18.0 Å². The summed E-state index contributed by atoms with van der Waals surface area (Å²) in [5.74, 6) is 1.29. The molecular formula is C27H30N6O6S. The van der Waals surface area contributed by atoms with Crippen LogP contribution in [-0.4, -0.2) is 75.5 Å². The standard InChI is InChI=1S/C27H30N6O6S/c1-5-32-24-20(26(34)30(2)22-9-7-13-28-25(22)32)16-18(17-29-24)11-14-39-23-10-6-8-21-19(23)12-15-40(36,37)33(21)27(35)31(3)38-4/h6-10,13,16-17H,5,11-12,14-15H2,1-4H3. The number of urea groups is 1. The van der Waals surface area contributed by atoms with Crippen molar-refractivity contribution < 1.29 is 27.6 Å². The highest BCUT2D eigenvalue weighted by atomic mass is 32.2. The van der Waals surface area contributed by atoms with Crippen LogP contribution in [0.3, 0.4) is 0 Å². The van der Waals surface area contributed by atoms with Gasteiger partial charge in [0.2, 0.25) is 10.0 Å². The van der Waals surface area contributed by atoms with Crippen molar-refractivity contribution in [3.8, 4) is 5.75 Å². The largest absolute Gasteiger partial charge is 0.493 e. The first-order valence-electron chi connectivity index (χ1n) is 12.8. The van der Waals surface area contributed by atoms with Gasteiger partial charge in [0.05, 0.1) is 36.4 Å². The van der Waals surface area contributed by atoms with Gasteiger partial charge >= 0.3 is 6.03 Å². The zero-order valence-electron chi connectivity index (χ0n) is 22.7. The lowest BCUT2D eigenvalue weighted by Gasteiger charge is -2.31. The van der Waals surface area contributed by atoms with Crippen molar-refractivity contribution in [2.24, 2.45) is 0 Å². The predicted octanol–water partition coefficient (Wildman–Crippen LogP) is 3.15. The smallest absolute Gasteiger partial charge is 0.362 e. The summed E-state index contributed by atoms with van der Waals surface area (Å²) in [6, 6.07) is 9.63. The van der Waals surface area contributed by atoms with Gasteiger partial charge in [0.25, 0.3) is 5.91 Å². The first-order chi connectivity index (χ1) is 19.2. The van der Waals surface area contributed by atoms with Crippen molar-refractivity contribution in [2.75, 3.05) is 54.2 Å². The Kier molecular flexibility index (Phi) is 7.34. The van der Waals surface area contributed by atoms with Crippen LogP contribution in [0.25, 0.3) is 0 Å². The minimum atomic E-state index is -3.87. The summed E-state index contributed by atoms with van der Waals surface area (Å²) >= 11 is 0. The van der Waals surface area contributed by atoms with Gasteiger partial charge in [-0.3, -0.25) is 9.63 Å². The van der Waals surface area contributed by atoms with E-state index in [-0.39, 0.29) is 30.4 Å².